The molecule has 69 heavy (non-hydrogen) atoms. The second-order valence-electron chi connectivity index (χ2n) is 17.8. The summed E-state index contributed by atoms with van der Waals surface area (Å²) in [5, 5.41) is 5.62. The molecule has 0 bridgehead atoms. The average Bonchev–Trinajstić information content (AvgIpc) is 3.90. The first-order valence-electron chi connectivity index (χ1n) is 23.1. The predicted octanol–water partition coefficient (Wildman–Crippen LogP) is 15.1. The number of benzene rings is 9. The highest BCUT2D eigenvalue weighted by molar-refractivity contribution is 6.10. The van der Waals surface area contributed by atoms with Crippen LogP contribution in [-0.4, -0.2) is 24.1 Å². The van der Waals surface area contributed by atoms with Crippen LogP contribution in [0.4, 0.5) is 0 Å². The van der Waals surface area contributed by atoms with Gasteiger partial charge in [0.05, 0.1) is 22.1 Å². The van der Waals surface area contributed by atoms with Crippen molar-refractivity contribution in [2.45, 2.75) is 13.8 Å². The number of fused-ring (bicyclic) bond motifs is 7. The minimum Gasteiger partial charge on any atom is -0.422 e. The summed E-state index contributed by atoms with van der Waals surface area (Å²) in [6.45, 7) is 4.27. The Kier molecular flexibility index (Phi) is 9.30. The first kappa shape index (κ1) is 40.1. The van der Waals surface area contributed by atoms with E-state index in [1.165, 1.54) is 32.7 Å². The molecule has 0 N–H and O–H groups in total. The van der Waals surface area contributed by atoms with Gasteiger partial charge in [0.25, 0.3) is 0 Å². The molecule has 0 saturated heterocycles. The van der Waals surface area contributed by atoms with E-state index in [2.05, 4.69) is 169 Å². The van der Waals surface area contributed by atoms with Crippen molar-refractivity contribution in [1.82, 2.24) is 24.1 Å². The smallest absolute Gasteiger partial charge is 0.347 e. The summed E-state index contributed by atoms with van der Waals surface area (Å²) in [5.41, 5.74) is 14.6. The van der Waals surface area contributed by atoms with Crippen LogP contribution in [0.15, 0.2) is 222 Å². The van der Waals surface area contributed by atoms with E-state index < -0.39 is 5.63 Å². The molecule has 7 heteroatoms. The molecule has 13 rings (SSSR count). The van der Waals surface area contributed by atoms with Crippen molar-refractivity contribution >= 4 is 54.6 Å². The Balaban J connectivity index is 0.987. The van der Waals surface area contributed by atoms with Gasteiger partial charge in [-0.1, -0.05) is 145 Å². The molecule has 0 saturated carbocycles. The number of hydrogen-bond donors (Lipinski definition) is 0. The van der Waals surface area contributed by atoms with Crippen LogP contribution in [0, 0.1) is 13.8 Å². The highest BCUT2D eigenvalue weighted by Crippen LogP contribution is 2.39. The Morgan fingerprint density at radius 1 is 0.362 bits per heavy atom. The molecule has 0 amide bonds. The van der Waals surface area contributed by atoms with E-state index in [0.717, 1.165) is 72.2 Å². The Hall–Kier alpha value is -9.20. The molecule has 7 nitrogen and oxygen atoms in total. The van der Waals surface area contributed by atoms with Crippen LogP contribution >= 0.6 is 0 Å². The zero-order valence-corrected chi connectivity index (χ0v) is 37.8. The van der Waals surface area contributed by atoms with E-state index in [4.69, 9.17) is 19.4 Å². The lowest BCUT2D eigenvalue weighted by Crippen LogP contribution is -2.08. The SMILES string of the molecule is Cc1ccc2c(c1)c1ccccc1n2-c1ccc(-c2cc(-c3ccc(-n4c5ccccc5c5cc(C)ccc54)cc3)c3oc(=O)c(-c4nc(-c5ccccc5)nc(-c5ccccc5)n4)cc3c2)cc1. The Morgan fingerprint density at radius 2 is 0.826 bits per heavy atom. The van der Waals surface area contributed by atoms with Crippen molar-refractivity contribution in [3.8, 4) is 67.8 Å². The quantitative estimate of drug-likeness (QED) is 0.149. The monoisotopic (exact) mass is 887 g/mol. The highest BCUT2D eigenvalue weighted by Gasteiger charge is 2.20. The summed E-state index contributed by atoms with van der Waals surface area (Å²) in [6, 6.07) is 73.3. The molecule has 13 aromatic rings. The van der Waals surface area contributed by atoms with E-state index in [-0.39, 0.29) is 11.4 Å². The van der Waals surface area contributed by atoms with Gasteiger partial charge in [0.1, 0.15) is 11.1 Å². The first-order chi connectivity index (χ1) is 33.9. The van der Waals surface area contributed by atoms with Crippen LogP contribution < -0.4 is 5.63 Å². The molecule has 9 aromatic carbocycles. The van der Waals surface area contributed by atoms with Crippen molar-refractivity contribution in [1.29, 1.82) is 0 Å². The van der Waals surface area contributed by atoms with Crippen molar-refractivity contribution < 1.29 is 4.42 Å². The molecule has 0 aliphatic rings. The van der Waals surface area contributed by atoms with Crippen LogP contribution in [-0.2, 0) is 0 Å². The fourth-order valence-electron chi connectivity index (χ4n) is 10.0. The van der Waals surface area contributed by atoms with Crippen LogP contribution in [0.3, 0.4) is 0 Å². The van der Waals surface area contributed by atoms with Crippen molar-refractivity contribution in [3.63, 3.8) is 0 Å². The van der Waals surface area contributed by atoms with Crippen LogP contribution in [0.2, 0.25) is 0 Å². The molecule has 0 aliphatic heterocycles. The number of nitrogens with zero attached hydrogens (tertiary/aromatic N) is 5. The lowest BCUT2D eigenvalue weighted by molar-refractivity contribution is 0.563. The number of para-hydroxylation sites is 2. The van der Waals surface area contributed by atoms with Crippen LogP contribution in [0.5, 0.6) is 0 Å². The Morgan fingerprint density at radius 3 is 1.36 bits per heavy atom. The summed E-state index contributed by atoms with van der Waals surface area (Å²) in [7, 11) is 0. The molecule has 0 spiro atoms. The molecule has 4 aromatic heterocycles. The van der Waals surface area contributed by atoms with E-state index in [0.29, 0.717) is 17.2 Å². The molecule has 4 heterocycles. The van der Waals surface area contributed by atoms with Crippen LogP contribution in [0.25, 0.3) is 122 Å². The maximum atomic E-state index is 14.4. The maximum absolute atomic E-state index is 14.4. The van der Waals surface area contributed by atoms with E-state index in [9.17, 15) is 4.79 Å². The van der Waals surface area contributed by atoms with Gasteiger partial charge in [-0.25, -0.2) is 19.7 Å². The first-order valence-corrected chi connectivity index (χ1v) is 23.1. The fraction of sp³-hybridized carbons (Fsp3) is 0.0323. The molecular formula is C62H41N5O2. The third kappa shape index (κ3) is 6.82. The van der Waals surface area contributed by atoms with Gasteiger partial charge in [-0.3, -0.25) is 0 Å². The number of aryl methyl sites for hydroxylation is 2. The highest BCUT2D eigenvalue weighted by atomic mass is 16.4. The van der Waals surface area contributed by atoms with E-state index >= 15 is 0 Å². The summed E-state index contributed by atoms with van der Waals surface area (Å²) in [4.78, 5) is 29.1. The minimum atomic E-state index is -0.538. The van der Waals surface area contributed by atoms with Gasteiger partial charge in [-0.2, -0.15) is 0 Å². The summed E-state index contributed by atoms with van der Waals surface area (Å²) >= 11 is 0. The molecule has 0 radical (unpaired) electrons. The fourth-order valence-corrected chi connectivity index (χ4v) is 10.0. The van der Waals surface area contributed by atoms with E-state index in [1.54, 1.807) is 0 Å². The normalized spacial score (nSPS) is 11.7. The lowest BCUT2D eigenvalue weighted by Gasteiger charge is -2.14. The lowest BCUT2D eigenvalue weighted by atomic mass is 9.95. The summed E-state index contributed by atoms with van der Waals surface area (Å²) < 4.78 is 11.1. The largest absolute Gasteiger partial charge is 0.422 e. The van der Waals surface area contributed by atoms with Gasteiger partial charge >= 0.3 is 5.63 Å². The second-order valence-corrected chi connectivity index (χ2v) is 17.8. The molecule has 0 unspecified atom stereocenters. The molecule has 326 valence electrons. The van der Waals surface area contributed by atoms with Crippen molar-refractivity contribution in [2.75, 3.05) is 0 Å². The average molecular weight is 888 g/mol. The third-order valence-corrected chi connectivity index (χ3v) is 13.3. The maximum Gasteiger partial charge on any atom is 0.347 e. The summed E-state index contributed by atoms with van der Waals surface area (Å²) in [5.74, 6) is 1.16. The van der Waals surface area contributed by atoms with Gasteiger partial charge in [-0.15, -0.1) is 0 Å². The van der Waals surface area contributed by atoms with Crippen molar-refractivity contribution in [3.05, 3.63) is 234 Å². The minimum absolute atomic E-state index is 0.238. The number of rotatable bonds is 7. The molecule has 0 aliphatic carbocycles. The standard InChI is InChI=1S/C62H41N5O2/c1-38-21-31-56-51(33-38)48-17-9-11-19-54(48)66(56)46-27-23-40(24-28-46)44-35-45-37-53(61-64-59(42-13-5-3-6-14-42)63-60(65-61)43-15-7-4-8-16-43)62(68)69-58(45)50(36-44)41-25-29-47(30-26-41)67-55-20-12-10-18-49(55)52-34-39(2)22-32-57(52)67/h3-37H,1-2H3. The zero-order chi connectivity index (χ0) is 46.2. The zero-order valence-electron chi connectivity index (χ0n) is 37.8. The third-order valence-electron chi connectivity index (χ3n) is 13.3. The Bertz CT molecular complexity index is 4150. The predicted molar refractivity (Wildman–Crippen MR) is 281 cm³/mol. The van der Waals surface area contributed by atoms with Gasteiger partial charge < -0.3 is 13.6 Å². The molecule has 0 atom stereocenters. The summed E-state index contributed by atoms with van der Waals surface area (Å²) in [6.07, 6.45) is 0. The molecule has 0 fully saturated rings. The van der Waals surface area contributed by atoms with Gasteiger partial charge in [0.15, 0.2) is 17.5 Å². The number of hydrogen-bond acceptors (Lipinski definition) is 5. The topological polar surface area (TPSA) is 78.7 Å². The van der Waals surface area contributed by atoms with Crippen molar-refractivity contribution in [2.24, 2.45) is 0 Å². The van der Waals surface area contributed by atoms with E-state index in [1.807, 2.05) is 66.7 Å². The Labute approximate surface area is 396 Å². The van der Waals surface area contributed by atoms with Gasteiger partial charge in [-0.05, 0) is 109 Å². The van der Waals surface area contributed by atoms with Crippen LogP contribution in [0.1, 0.15) is 11.1 Å². The number of aromatic nitrogens is 5. The van der Waals surface area contributed by atoms with Gasteiger partial charge in [0.2, 0.25) is 0 Å². The van der Waals surface area contributed by atoms with Gasteiger partial charge in [0, 0.05) is 55.0 Å². The second kappa shape index (κ2) is 16.0. The molecular weight excluding hydrogens is 847 g/mol.